The SMILES string of the molecule is COc1nc(-c2c(C)c(C)cc3[nH]ncc23)c(F)c2nc(OC[C@]34CCC[C@H]3N(C3CC3)CCC4)nc(N3CCOC[C@@](C)(O)C3)c12. The molecule has 11 nitrogen and oxygen atoms in total. The number of nitrogens with one attached hydrogen (secondary N) is 1. The first-order chi connectivity index (χ1) is 22.7. The molecule has 3 atom stereocenters. The van der Waals surface area contributed by atoms with E-state index < -0.39 is 11.4 Å². The van der Waals surface area contributed by atoms with Gasteiger partial charge in [-0.1, -0.05) is 6.42 Å². The van der Waals surface area contributed by atoms with Crippen molar-refractivity contribution in [3.8, 4) is 23.1 Å². The number of aromatic nitrogens is 5. The van der Waals surface area contributed by atoms with Gasteiger partial charge in [0.2, 0.25) is 5.88 Å². The van der Waals surface area contributed by atoms with Crippen LogP contribution in [0.2, 0.25) is 0 Å². The molecule has 5 heterocycles. The molecule has 12 heteroatoms. The van der Waals surface area contributed by atoms with E-state index in [0.717, 1.165) is 47.8 Å². The van der Waals surface area contributed by atoms with E-state index >= 15 is 4.39 Å². The van der Waals surface area contributed by atoms with Gasteiger partial charge in [-0.3, -0.25) is 10.00 Å². The molecule has 4 aliphatic rings. The van der Waals surface area contributed by atoms with Gasteiger partial charge < -0.3 is 24.2 Å². The number of piperidine rings is 1. The van der Waals surface area contributed by atoms with Crippen LogP contribution in [0, 0.1) is 25.1 Å². The van der Waals surface area contributed by atoms with Crippen molar-refractivity contribution in [2.24, 2.45) is 5.41 Å². The maximum Gasteiger partial charge on any atom is 0.319 e. The predicted octanol–water partition coefficient (Wildman–Crippen LogP) is 5.10. The van der Waals surface area contributed by atoms with Crippen LogP contribution in [0.4, 0.5) is 10.2 Å². The third-order valence-corrected chi connectivity index (χ3v) is 11.0. The molecule has 2 N–H and O–H groups in total. The number of likely N-dealkylation sites (tertiary alicyclic amines) is 1. The minimum atomic E-state index is -1.15. The molecule has 0 amide bonds. The Morgan fingerprint density at radius 3 is 2.77 bits per heavy atom. The quantitative estimate of drug-likeness (QED) is 0.281. The van der Waals surface area contributed by atoms with E-state index in [1.165, 1.54) is 32.8 Å². The summed E-state index contributed by atoms with van der Waals surface area (Å²) in [5.41, 5.74) is 2.38. The number of halogens is 1. The van der Waals surface area contributed by atoms with Gasteiger partial charge in [0.05, 0.1) is 45.2 Å². The molecular formula is C35H44FN7O4. The highest BCUT2D eigenvalue weighted by Gasteiger charge is 2.51. The lowest BCUT2D eigenvalue weighted by molar-refractivity contribution is -0.0123. The topological polar surface area (TPSA) is 122 Å². The number of aliphatic hydroxyl groups is 1. The summed E-state index contributed by atoms with van der Waals surface area (Å²) in [6.45, 7) is 8.52. The number of anilines is 1. The van der Waals surface area contributed by atoms with Crippen LogP contribution in [0.1, 0.15) is 63.0 Å². The number of aryl methyl sites for hydroxylation is 1. The molecule has 2 aliphatic heterocycles. The highest BCUT2D eigenvalue weighted by molar-refractivity contribution is 6.01. The summed E-state index contributed by atoms with van der Waals surface area (Å²) in [6, 6.07) is 3.32. The highest BCUT2D eigenvalue weighted by atomic mass is 19.1. The van der Waals surface area contributed by atoms with Gasteiger partial charge in [-0.2, -0.15) is 15.1 Å². The molecule has 3 aromatic heterocycles. The number of β-amino-alcohol motifs (C(OH)–C–C–N with tert-alkyl or cyclic N) is 1. The Bertz CT molecular complexity index is 1840. The van der Waals surface area contributed by atoms with Crippen LogP contribution in [0.25, 0.3) is 33.1 Å². The number of benzene rings is 1. The van der Waals surface area contributed by atoms with E-state index in [0.29, 0.717) is 48.6 Å². The molecule has 8 rings (SSSR count). The Kier molecular flexibility index (Phi) is 7.53. The number of H-pyrrole nitrogens is 1. The first-order valence-corrected chi connectivity index (χ1v) is 17.0. The van der Waals surface area contributed by atoms with Crippen LogP contribution in [0.5, 0.6) is 11.9 Å². The van der Waals surface area contributed by atoms with Crippen molar-refractivity contribution in [2.75, 3.05) is 51.5 Å². The van der Waals surface area contributed by atoms with E-state index in [9.17, 15) is 5.11 Å². The van der Waals surface area contributed by atoms with Gasteiger partial charge in [0.25, 0.3) is 0 Å². The van der Waals surface area contributed by atoms with Crippen molar-refractivity contribution in [1.29, 1.82) is 0 Å². The maximum atomic E-state index is 17.1. The second kappa shape index (κ2) is 11.5. The van der Waals surface area contributed by atoms with Crippen LogP contribution in [-0.2, 0) is 4.74 Å². The number of hydrogen-bond donors (Lipinski definition) is 2. The van der Waals surface area contributed by atoms with Gasteiger partial charge in [-0.15, -0.1) is 0 Å². The Labute approximate surface area is 273 Å². The third kappa shape index (κ3) is 5.28. The zero-order valence-corrected chi connectivity index (χ0v) is 27.7. The fourth-order valence-corrected chi connectivity index (χ4v) is 8.52. The van der Waals surface area contributed by atoms with E-state index in [-0.39, 0.29) is 41.7 Å². The van der Waals surface area contributed by atoms with Gasteiger partial charge in [0.1, 0.15) is 28.0 Å². The summed E-state index contributed by atoms with van der Waals surface area (Å²) >= 11 is 0. The number of fused-ring (bicyclic) bond motifs is 3. The normalized spacial score (nSPS) is 26.9. The lowest BCUT2D eigenvalue weighted by atomic mass is 9.75. The average Bonchev–Trinajstić information content (AvgIpc) is 3.70. The van der Waals surface area contributed by atoms with Gasteiger partial charge in [0, 0.05) is 35.0 Å². The molecule has 0 bridgehead atoms. The lowest BCUT2D eigenvalue weighted by Gasteiger charge is -2.46. The molecule has 4 aromatic rings. The van der Waals surface area contributed by atoms with Crippen LogP contribution < -0.4 is 14.4 Å². The molecule has 2 aliphatic carbocycles. The second-order valence-electron chi connectivity index (χ2n) is 14.5. The molecule has 2 saturated heterocycles. The molecule has 1 aromatic carbocycles. The maximum absolute atomic E-state index is 17.1. The molecular weight excluding hydrogens is 601 g/mol. The first-order valence-electron chi connectivity index (χ1n) is 17.0. The number of nitrogens with zero attached hydrogens (tertiary/aromatic N) is 6. The van der Waals surface area contributed by atoms with Crippen molar-refractivity contribution >= 4 is 27.6 Å². The average molecular weight is 646 g/mol. The Morgan fingerprint density at radius 1 is 1.13 bits per heavy atom. The van der Waals surface area contributed by atoms with E-state index in [4.69, 9.17) is 29.2 Å². The van der Waals surface area contributed by atoms with E-state index in [2.05, 4.69) is 15.1 Å². The number of ether oxygens (including phenoxy) is 3. The van der Waals surface area contributed by atoms with Gasteiger partial charge in [-0.25, -0.2) is 9.37 Å². The Morgan fingerprint density at radius 2 is 1.96 bits per heavy atom. The summed E-state index contributed by atoms with van der Waals surface area (Å²) in [6.07, 6.45) is 10.0. The number of aromatic amines is 1. The summed E-state index contributed by atoms with van der Waals surface area (Å²) in [7, 11) is 1.52. The van der Waals surface area contributed by atoms with Crippen molar-refractivity contribution in [1.82, 2.24) is 30.0 Å². The zero-order chi connectivity index (χ0) is 32.5. The number of methoxy groups -OCH3 is 1. The van der Waals surface area contributed by atoms with Crippen LogP contribution >= 0.6 is 0 Å². The third-order valence-electron chi connectivity index (χ3n) is 11.0. The van der Waals surface area contributed by atoms with E-state index in [1.54, 1.807) is 13.1 Å². The highest BCUT2D eigenvalue weighted by Crippen LogP contribution is 2.51. The van der Waals surface area contributed by atoms with Crippen molar-refractivity contribution in [2.45, 2.75) is 83.4 Å². The predicted molar refractivity (Wildman–Crippen MR) is 177 cm³/mol. The summed E-state index contributed by atoms with van der Waals surface area (Å²) in [4.78, 5) is 19.1. The Hall–Kier alpha value is -3.61. The summed E-state index contributed by atoms with van der Waals surface area (Å²) in [5.74, 6) is 0.0173. The van der Waals surface area contributed by atoms with Gasteiger partial charge >= 0.3 is 6.01 Å². The first kappa shape index (κ1) is 30.7. The second-order valence-corrected chi connectivity index (χ2v) is 14.5. The fraction of sp³-hybridized carbons (Fsp3) is 0.600. The fourth-order valence-electron chi connectivity index (χ4n) is 8.52. The molecule has 2 saturated carbocycles. The van der Waals surface area contributed by atoms with Crippen molar-refractivity contribution in [3.63, 3.8) is 0 Å². The minimum Gasteiger partial charge on any atom is -0.480 e. The molecule has 0 unspecified atom stereocenters. The summed E-state index contributed by atoms with van der Waals surface area (Å²) in [5, 5.41) is 19.5. The minimum absolute atomic E-state index is 0.0324. The zero-order valence-electron chi connectivity index (χ0n) is 27.7. The molecule has 250 valence electrons. The molecule has 4 fully saturated rings. The smallest absolute Gasteiger partial charge is 0.319 e. The molecule has 0 spiro atoms. The van der Waals surface area contributed by atoms with Crippen molar-refractivity contribution < 1.29 is 23.7 Å². The summed E-state index contributed by atoms with van der Waals surface area (Å²) < 4.78 is 35.3. The molecule has 47 heavy (non-hydrogen) atoms. The lowest BCUT2D eigenvalue weighted by Crippen LogP contribution is -2.52. The van der Waals surface area contributed by atoms with Crippen molar-refractivity contribution in [3.05, 3.63) is 29.2 Å². The number of rotatable bonds is 7. The largest absolute Gasteiger partial charge is 0.480 e. The van der Waals surface area contributed by atoms with E-state index in [1.807, 2.05) is 24.8 Å². The van der Waals surface area contributed by atoms with Gasteiger partial charge in [-0.05, 0) is 83.0 Å². The van der Waals surface area contributed by atoms with Crippen LogP contribution in [0.15, 0.2) is 12.3 Å². The molecule has 0 radical (unpaired) electrons. The van der Waals surface area contributed by atoms with Crippen LogP contribution in [-0.4, -0.2) is 99.4 Å². The Balaban J connectivity index is 1.28. The number of hydrogen-bond acceptors (Lipinski definition) is 10. The number of pyridine rings is 1. The van der Waals surface area contributed by atoms with Gasteiger partial charge in [0.15, 0.2) is 5.82 Å². The standard InChI is InChI=1S/C35H44FN7O4/c1-20-15-24-23(16-37-41-24)26(21(20)2)29-28(36)30-27(32(38-29)45-4)31(42-13-14-46-18-34(3,44)17-42)40-33(39-30)47-19-35-10-5-7-25(35)43(12-6-11-35)22-8-9-22/h15-16,22,25,44H,5-14,17-19H2,1-4H3,(H,37,41)/t25-,34+,35-/m1/s1. The monoisotopic (exact) mass is 645 g/mol. The van der Waals surface area contributed by atoms with Crippen LogP contribution in [0.3, 0.4) is 0 Å².